The van der Waals surface area contributed by atoms with Crippen LogP contribution in [0.1, 0.15) is 31.4 Å². The number of amides is 2. The second-order valence-corrected chi connectivity index (χ2v) is 6.89. The number of piperidine rings is 1. The normalized spacial score (nSPS) is 19.4. The van der Waals surface area contributed by atoms with Crippen molar-refractivity contribution in [1.29, 1.82) is 0 Å². The third kappa shape index (κ3) is 5.55. The molecule has 0 saturated carbocycles. The Kier molecular flexibility index (Phi) is 6.63. The van der Waals surface area contributed by atoms with Gasteiger partial charge in [-0.15, -0.1) is 11.3 Å². The van der Waals surface area contributed by atoms with Crippen LogP contribution in [0.3, 0.4) is 0 Å². The van der Waals surface area contributed by atoms with Gasteiger partial charge in [0.15, 0.2) is 5.13 Å². The van der Waals surface area contributed by atoms with Crippen LogP contribution in [0, 0.1) is 0 Å². The molecule has 2 fully saturated rings. The number of carbonyl (C=O) groups is 3. The average molecular weight is 409 g/mol. The molecule has 2 N–H and O–H groups in total. The zero-order chi connectivity index (χ0) is 20.2. The summed E-state index contributed by atoms with van der Waals surface area (Å²) in [6.07, 6.45) is -1.26. The van der Waals surface area contributed by atoms with Crippen LogP contribution in [0.15, 0.2) is 5.38 Å². The summed E-state index contributed by atoms with van der Waals surface area (Å²) in [6.45, 7) is 1.56. The second kappa shape index (κ2) is 8.55. The number of hydrogen-bond acceptors (Lipinski definition) is 5. The van der Waals surface area contributed by atoms with Crippen LogP contribution < -0.4 is 4.90 Å². The maximum atomic E-state index is 12.3. The van der Waals surface area contributed by atoms with Gasteiger partial charge in [0.2, 0.25) is 0 Å². The minimum absolute atomic E-state index is 0.0498. The molecule has 1 aromatic heterocycles. The highest BCUT2D eigenvalue weighted by molar-refractivity contribution is 7.14. The zero-order valence-corrected chi connectivity index (χ0v) is 14.9. The molecule has 27 heavy (non-hydrogen) atoms. The number of fused-ring (bicyclic) bond motifs is 1. The summed E-state index contributed by atoms with van der Waals surface area (Å²) >= 11 is 1.42. The number of nitrogens with zero attached hydrogens (tertiary/aromatic N) is 3. The van der Waals surface area contributed by atoms with Crippen LogP contribution in [-0.4, -0.2) is 63.4 Å². The quantitative estimate of drug-likeness (QED) is 0.791. The van der Waals surface area contributed by atoms with Crippen molar-refractivity contribution < 1.29 is 37.8 Å². The van der Waals surface area contributed by atoms with E-state index in [4.69, 9.17) is 15.0 Å². The van der Waals surface area contributed by atoms with Gasteiger partial charge in [-0.3, -0.25) is 9.69 Å². The first-order valence-electron chi connectivity index (χ1n) is 8.14. The van der Waals surface area contributed by atoms with E-state index in [0.29, 0.717) is 24.1 Å². The van der Waals surface area contributed by atoms with Gasteiger partial charge < -0.3 is 15.1 Å². The first-order valence-corrected chi connectivity index (χ1v) is 9.02. The number of hydrogen-bond donors (Lipinski definition) is 2. The topological polar surface area (TPSA) is 111 Å². The average Bonchev–Trinajstić information content (AvgIpc) is 3.18. The smallest absolute Gasteiger partial charge is 0.481 e. The molecule has 0 spiro atoms. The summed E-state index contributed by atoms with van der Waals surface area (Å²) in [5, 5.41) is 18.4. The summed E-state index contributed by atoms with van der Waals surface area (Å²) in [7, 11) is 0. The van der Waals surface area contributed by atoms with E-state index in [1.165, 1.54) is 17.8 Å². The highest BCUT2D eigenvalue weighted by Crippen LogP contribution is 2.31. The molecule has 0 aromatic carbocycles. The van der Waals surface area contributed by atoms with Gasteiger partial charge in [0, 0.05) is 18.3 Å². The number of urea groups is 1. The van der Waals surface area contributed by atoms with Crippen molar-refractivity contribution in [3.63, 3.8) is 0 Å². The number of aliphatic carboxylic acids is 2. The van der Waals surface area contributed by atoms with Crippen LogP contribution in [0.25, 0.3) is 0 Å². The molecule has 3 rings (SSSR count). The monoisotopic (exact) mass is 409 g/mol. The van der Waals surface area contributed by atoms with Crippen molar-refractivity contribution in [3.05, 3.63) is 11.1 Å². The molecule has 3 heterocycles. The number of anilines is 1. The summed E-state index contributed by atoms with van der Waals surface area (Å²) in [6, 6.07) is 0.372. The summed E-state index contributed by atoms with van der Waals surface area (Å²) in [5.74, 6) is -3.58. The fourth-order valence-corrected chi connectivity index (χ4v) is 3.68. The standard InChI is InChI=1S/C13H17N3O3S.C2HF3O2/c17-11(18)5-4-9-8-20-12(14-9)16-7-10-3-1-2-6-15(10)13(16)19;3-2(4,5)1(6)7/h8,10H,1-7H2,(H,17,18);(H,6,7)/t10-;/m0./s1. The van der Waals surface area contributed by atoms with Crippen LogP contribution in [-0.2, 0) is 16.0 Å². The minimum Gasteiger partial charge on any atom is -0.481 e. The van der Waals surface area contributed by atoms with E-state index in [-0.39, 0.29) is 12.5 Å². The molecule has 0 unspecified atom stereocenters. The van der Waals surface area contributed by atoms with Gasteiger partial charge in [-0.05, 0) is 19.3 Å². The van der Waals surface area contributed by atoms with E-state index < -0.39 is 18.1 Å². The van der Waals surface area contributed by atoms with E-state index in [1.807, 2.05) is 10.3 Å². The molecule has 0 radical (unpaired) electrons. The van der Waals surface area contributed by atoms with E-state index in [9.17, 15) is 22.8 Å². The third-order valence-electron chi connectivity index (χ3n) is 4.11. The lowest BCUT2D eigenvalue weighted by atomic mass is 10.0. The summed E-state index contributed by atoms with van der Waals surface area (Å²) in [4.78, 5) is 39.9. The molecule has 1 atom stereocenters. The summed E-state index contributed by atoms with van der Waals surface area (Å²) < 4.78 is 31.7. The molecule has 2 saturated heterocycles. The number of carbonyl (C=O) groups excluding carboxylic acids is 1. The van der Waals surface area contributed by atoms with Gasteiger partial charge in [-0.1, -0.05) is 0 Å². The molecule has 1 aromatic rings. The van der Waals surface area contributed by atoms with Crippen molar-refractivity contribution in [2.45, 2.75) is 44.3 Å². The van der Waals surface area contributed by atoms with Gasteiger partial charge in [-0.2, -0.15) is 13.2 Å². The SMILES string of the molecule is O=C(O)C(F)(F)F.O=C(O)CCc1csc(N2C[C@@H]3CCCCN3C2=O)n1. The molecular weight excluding hydrogens is 391 g/mol. The van der Waals surface area contributed by atoms with Crippen LogP contribution >= 0.6 is 11.3 Å². The van der Waals surface area contributed by atoms with Crippen LogP contribution in [0.5, 0.6) is 0 Å². The molecule has 8 nitrogen and oxygen atoms in total. The number of aromatic nitrogens is 1. The Morgan fingerprint density at radius 3 is 2.52 bits per heavy atom. The lowest BCUT2D eigenvalue weighted by Crippen LogP contribution is -2.38. The van der Waals surface area contributed by atoms with Gasteiger partial charge in [0.25, 0.3) is 0 Å². The number of carboxylic acids is 2. The maximum Gasteiger partial charge on any atom is 0.490 e. The van der Waals surface area contributed by atoms with Crippen LogP contribution in [0.4, 0.5) is 23.1 Å². The molecule has 0 bridgehead atoms. The van der Waals surface area contributed by atoms with Gasteiger partial charge in [0.1, 0.15) is 0 Å². The predicted molar refractivity (Wildman–Crippen MR) is 88.8 cm³/mol. The first-order chi connectivity index (χ1) is 12.6. The van der Waals surface area contributed by atoms with E-state index in [1.54, 1.807) is 4.90 Å². The van der Waals surface area contributed by atoms with Crippen molar-refractivity contribution in [2.75, 3.05) is 18.0 Å². The summed E-state index contributed by atoms with van der Waals surface area (Å²) in [5.41, 5.74) is 0.755. The third-order valence-corrected chi connectivity index (χ3v) is 5.02. The van der Waals surface area contributed by atoms with Gasteiger partial charge in [-0.25, -0.2) is 14.6 Å². The van der Waals surface area contributed by atoms with Crippen LogP contribution in [0.2, 0.25) is 0 Å². The van der Waals surface area contributed by atoms with Gasteiger partial charge >= 0.3 is 24.1 Å². The maximum absolute atomic E-state index is 12.3. The Morgan fingerprint density at radius 1 is 1.30 bits per heavy atom. The largest absolute Gasteiger partial charge is 0.490 e. The minimum atomic E-state index is -5.08. The highest BCUT2D eigenvalue weighted by Gasteiger charge is 2.40. The molecular formula is C15H18F3N3O5S. The van der Waals surface area contributed by atoms with Crippen molar-refractivity contribution in [1.82, 2.24) is 9.88 Å². The lowest BCUT2D eigenvalue weighted by molar-refractivity contribution is -0.192. The van der Waals surface area contributed by atoms with E-state index in [0.717, 1.165) is 25.1 Å². The number of thiazole rings is 1. The number of aryl methyl sites for hydroxylation is 1. The Balaban J connectivity index is 0.000000321. The number of rotatable bonds is 4. The van der Waals surface area contributed by atoms with Gasteiger partial charge in [0.05, 0.1) is 24.7 Å². The van der Waals surface area contributed by atoms with E-state index in [2.05, 4.69) is 4.98 Å². The molecule has 150 valence electrons. The Hall–Kier alpha value is -2.37. The Morgan fingerprint density at radius 2 is 1.96 bits per heavy atom. The van der Waals surface area contributed by atoms with Crippen molar-refractivity contribution in [3.8, 4) is 0 Å². The Bertz CT molecular complexity index is 709. The first kappa shape index (κ1) is 20.9. The number of alkyl halides is 3. The molecule has 2 amide bonds. The lowest BCUT2D eigenvalue weighted by Gasteiger charge is -2.27. The second-order valence-electron chi connectivity index (χ2n) is 6.05. The van der Waals surface area contributed by atoms with E-state index >= 15 is 0 Å². The predicted octanol–water partition coefficient (Wildman–Crippen LogP) is 2.59. The number of carboxylic acid groups (broad SMARTS) is 2. The molecule has 2 aliphatic rings. The fraction of sp³-hybridized carbons (Fsp3) is 0.600. The highest BCUT2D eigenvalue weighted by atomic mass is 32.1. The fourth-order valence-electron chi connectivity index (χ4n) is 2.82. The molecule has 0 aliphatic carbocycles. The Labute approximate surface area is 156 Å². The number of halogens is 3. The molecule has 12 heteroatoms. The van der Waals surface area contributed by atoms with Crippen molar-refractivity contribution in [2.24, 2.45) is 0 Å². The zero-order valence-electron chi connectivity index (χ0n) is 14.1. The van der Waals surface area contributed by atoms with Crippen molar-refractivity contribution >= 4 is 34.4 Å². The molecule has 2 aliphatic heterocycles.